The van der Waals surface area contributed by atoms with Crippen LogP contribution >= 0.6 is 0 Å². The fraction of sp³-hybridized carbons (Fsp3) is 0.259. The zero-order chi connectivity index (χ0) is 21.5. The van der Waals surface area contributed by atoms with E-state index in [0.29, 0.717) is 0 Å². The summed E-state index contributed by atoms with van der Waals surface area (Å²) in [5.74, 6) is 1.70. The Morgan fingerprint density at radius 1 is 0.903 bits per heavy atom. The molecule has 4 nitrogen and oxygen atoms in total. The second-order valence-corrected chi connectivity index (χ2v) is 8.32. The molecule has 0 spiro atoms. The molecule has 2 N–H and O–H groups in total. The maximum atomic E-state index is 5.88. The normalized spacial score (nSPS) is 15.7. The first-order valence-electron chi connectivity index (χ1n) is 10.8. The monoisotopic (exact) mass is 412 g/mol. The minimum absolute atomic E-state index is 0.0181. The second kappa shape index (κ2) is 7.78. The molecule has 0 amide bonds. The van der Waals surface area contributed by atoms with Crippen molar-refractivity contribution in [3.05, 3.63) is 82.5 Å². The summed E-state index contributed by atoms with van der Waals surface area (Å²) in [6, 6.07) is 19.1. The number of benzene rings is 3. The van der Waals surface area contributed by atoms with Gasteiger partial charge in [0.25, 0.3) is 0 Å². The van der Waals surface area contributed by atoms with Crippen LogP contribution in [0, 0.1) is 13.8 Å². The van der Waals surface area contributed by atoms with Crippen LogP contribution in [-0.2, 0) is 6.42 Å². The first kappa shape index (κ1) is 19.7. The van der Waals surface area contributed by atoms with Gasteiger partial charge in [0.1, 0.15) is 11.5 Å². The smallest absolute Gasteiger partial charge is 0.127 e. The van der Waals surface area contributed by atoms with Gasteiger partial charge in [-0.25, -0.2) is 0 Å². The predicted molar refractivity (Wildman–Crippen MR) is 126 cm³/mol. The molecule has 1 aliphatic rings. The first-order chi connectivity index (χ1) is 15.1. The van der Waals surface area contributed by atoms with E-state index in [2.05, 4.69) is 60.5 Å². The van der Waals surface area contributed by atoms with Gasteiger partial charge in [-0.1, -0.05) is 42.0 Å². The molecule has 4 heteroatoms. The van der Waals surface area contributed by atoms with E-state index in [-0.39, 0.29) is 6.04 Å². The molecule has 0 radical (unpaired) electrons. The molecule has 1 aromatic heterocycles. The highest BCUT2D eigenvalue weighted by Crippen LogP contribution is 2.42. The lowest BCUT2D eigenvalue weighted by Gasteiger charge is -2.27. The number of aromatic nitrogens is 1. The van der Waals surface area contributed by atoms with Crippen LogP contribution < -0.4 is 14.8 Å². The zero-order valence-corrected chi connectivity index (χ0v) is 18.5. The van der Waals surface area contributed by atoms with Crippen molar-refractivity contribution in [1.29, 1.82) is 0 Å². The van der Waals surface area contributed by atoms with Crippen molar-refractivity contribution >= 4 is 10.9 Å². The van der Waals surface area contributed by atoms with Gasteiger partial charge in [0.05, 0.1) is 20.3 Å². The Kier molecular flexibility index (Phi) is 4.95. The number of aryl methyl sites for hydroxylation is 2. The Morgan fingerprint density at radius 3 is 2.42 bits per heavy atom. The number of ether oxygens (including phenoxy) is 2. The fourth-order valence-electron chi connectivity index (χ4n) is 4.94. The molecule has 0 fully saturated rings. The third kappa shape index (κ3) is 3.28. The largest absolute Gasteiger partial charge is 0.496 e. The highest BCUT2D eigenvalue weighted by molar-refractivity contribution is 5.89. The van der Waals surface area contributed by atoms with Gasteiger partial charge >= 0.3 is 0 Å². The summed E-state index contributed by atoms with van der Waals surface area (Å²) in [6.07, 6.45) is 1.01. The van der Waals surface area contributed by atoms with E-state index in [0.717, 1.165) is 41.2 Å². The molecule has 5 rings (SSSR count). The van der Waals surface area contributed by atoms with E-state index in [4.69, 9.17) is 9.47 Å². The summed E-state index contributed by atoms with van der Waals surface area (Å²) in [4.78, 5) is 3.74. The van der Waals surface area contributed by atoms with Crippen LogP contribution in [0.3, 0.4) is 0 Å². The summed E-state index contributed by atoms with van der Waals surface area (Å²) in [7, 11) is 3.47. The van der Waals surface area contributed by atoms with Gasteiger partial charge < -0.3 is 19.8 Å². The predicted octanol–water partition coefficient (Wildman–Crippen LogP) is 5.70. The SMILES string of the molecule is COc1cc(C2NCCc3c2[nH]c2c(C)cc(C)cc32)c(OC)cc1-c1ccccc1. The number of nitrogens with one attached hydrogen (secondary N) is 2. The highest BCUT2D eigenvalue weighted by Gasteiger charge is 2.29. The second-order valence-electron chi connectivity index (χ2n) is 8.32. The highest BCUT2D eigenvalue weighted by atomic mass is 16.5. The van der Waals surface area contributed by atoms with Gasteiger partial charge in [0, 0.05) is 34.3 Å². The molecule has 1 unspecified atom stereocenters. The lowest BCUT2D eigenvalue weighted by atomic mass is 9.91. The van der Waals surface area contributed by atoms with Crippen molar-refractivity contribution < 1.29 is 9.47 Å². The van der Waals surface area contributed by atoms with Gasteiger partial charge in [-0.15, -0.1) is 0 Å². The maximum absolute atomic E-state index is 5.88. The summed E-state index contributed by atoms with van der Waals surface area (Å²) < 4.78 is 11.7. The lowest BCUT2D eigenvalue weighted by molar-refractivity contribution is 0.393. The van der Waals surface area contributed by atoms with Crippen LogP contribution in [0.1, 0.15) is 34.0 Å². The van der Waals surface area contributed by atoms with E-state index < -0.39 is 0 Å². The summed E-state index contributed by atoms with van der Waals surface area (Å²) in [5, 5.41) is 5.04. The third-order valence-corrected chi connectivity index (χ3v) is 6.35. The third-order valence-electron chi connectivity index (χ3n) is 6.35. The van der Waals surface area contributed by atoms with Crippen molar-refractivity contribution in [1.82, 2.24) is 10.3 Å². The molecule has 158 valence electrons. The maximum Gasteiger partial charge on any atom is 0.127 e. The fourth-order valence-corrected chi connectivity index (χ4v) is 4.94. The average Bonchev–Trinajstić information content (AvgIpc) is 3.18. The van der Waals surface area contributed by atoms with Gasteiger partial charge in [-0.05, 0) is 55.2 Å². The molecule has 0 aliphatic carbocycles. The molecule has 1 aliphatic heterocycles. The Bertz CT molecular complexity index is 1260. The Hall–Kier alpha value is -3.24. The number of methoxy groups -OCH3 is 2. The quantitative estimate of drug-likeness (QED) is 0.452. The van der Waals surface area contributed by atoms with Crippen LogP contribution in [0.4, 0.5) is 0 Å². The topological polar surface area (TPSA) is 46.3 Å². The molecule has 3 aromatic carbocycles. The van der Waals surface area contributed by atoms with Crippen LogP contribution in [-0.4, -0.2) is 25.7 Å². The van der Waals surface area contributed by atoms with Crippen LogP contribution in [0.2, 0.25) is 0 Å². The number of H-pyrrole nitrogens is 1. The van der Waals surface area contributed by atoms with Crippen molar-refractivity contribution in [2.45, 2.75) is 26.3 Å². The first-order valence-corrected chi connectivity index (χ1v) is 10.8. The molecule has 0 bridgehead atoms. The van der Waals surface area contributed by atoms with Crippen molar-refractivity contribution in [2.24, 2.45) is 0 Å². The molecular formula is C27H28N2O2. The summed E-state index contributed by atoms with van der Waals surface area (Å²) >= 11 is 0. The molecular weight excluding hydrogens is 384 g/mol. The molecule has 0 saturated carbocycles. The zero-order valence-electron chi connectivity index (χ0n) is 18.5. The Labute approximate surface area is 183 Å². The number of hydrogen-bond donors (Lipinski definition) is 2. The molecule has 31 heavy (non-hydrogen) atoms. The molecule has 4 aromatic rings. The number of hydrogen-bond acceptors (Lipinski definition) is 3. The molecule has 0 saturated heterocycles. The van der Waals surface area contributed by atoms with E-state index in [1.807, 2.05) is 18.2 Å². The number of aromatic amines is 1. The number of rotatable bonds is 4. The number of fused-ring (bicyclic) bond motifs is 3. The lowest BCUT2D eigenvalue weighted by Crippen LogP contribution is -2.30. The molecule has 1 atom stereocenters. The van der Waals surface area contributed by atoms with E-state index in [1.54, 1.807) is 14.2 Å². The van der Waals surface area contributed by atoms with E-state index >= 15 is 0 Å². The van der Waals surface area contributed by atoms with E-state index in [1.165, 1.54) is 33.3 Å². The van der Waals surface area contributed by atoms with Crippen LogP contribution in [0.25, 0.3) is 22.0 Å². The van der Waals surface area contributed by atoms with Crippen LogP contribution in [0.5, 0.6) is 11.5 Å². The van der Waals surface area contributed by atoms with Gasteiger partial charge in [0.2, 0.25) is 0 Å². The minimum Gasteiger partial charge on any atom is -0.496 e. The molecule has 2 heterocycles. The minimum atomic E-state index is 0.0181. The Balaban J connectivity index is 1.69. The van der Waals surface area contributed by atoms with Crippen molar-refractivity contribution in [2.75, 3.05) is 20.8 Å². The summed E-state index contributed by atoms with van der Waals surface area (Å²) in [5.41, 5.74) is 9.67. The van der Waals surface area contributed by atoms with Crippen LogP contribution in [0.15, 0.2) is 54.6 Å². The van der Waals surface area contributed by atoms with Gasteiger partial charge in [0.15, 0.2) is 0 Å². The van der Waals surface area contributed by atoms with Crippen molar-refractivity contribution in [3.8, 4) is 22.6 Å². The Morgan fingerprint density at radius 2 is 1.68 bits per heavy atom. The van der Waals surface area contributed by atoms with Crippen molar-refractivity contribution in [3.63, 3.8) is 0 Å². The van der Waals surface area contributed by atoms with E-state index in [9.17, 15) is 0 Å². The van der Waals surface area contributed by atoms with Gasteiger partial charge in [-0.3, -0.25) is 0 Å². The average molecular weight is 413 g/mol. The van der Waals surface area contributed by atoms with Gasteiger partial charge in [-0.2, -0.15) is 0 Å². The summed E-state index contributed by atoms with van der Waals surface area (Å²) in [6.45, 7) is 5.27. The standard InChI is InChI=1S/C27H28N2O2/c1-16-12-17(2)25-21(13-16)19-10-11-28-26(27(19)29-25)22-15-23(30-3)20(14-24(22)31-4)18-8-6-5-7-9-18/h5-9,12-15,26,28-29H,10-11H2,1-4H3.